The summed E-state index contributed by atoms with van der Waals surface area (Å²) in [6.45, 7) is 1.92. The van der Waals surface area contributed by atoms with Crippen LogP contribution in [-0.4, -0.2) is 11.9 Å². The fourth-order valence-electron chi connectivity index (χ4n) is 1.48. The van der Waals surface area contributed by atoms with Crippen LogP contribution in [0.2, 0.25) is 0 Å². The molecule has 84 valence electrons. The topological polar surface area (TPSA) is 55.4 Å². The molecule has 1 amide bonds. The van der Waals surface area contributed by atoms with E-state index in [4.69, 9.17) is 8.83 Å². The smallest absolute Gasteiger partial charge is 0.287 e. The molecule has 4 nitrogen and oxygen atoms in total. The lowest BCUT2D eigenvalue weighted by Gasteiger charge is -2.10. The predicted molar refractivity (Wildman–Crippen MR) is 58.0 cm³/mol. The number of rotatable bonds is 4. The Morgan fingerprint density at radius 1 is 1.31 bits per heavy atom. The second-order valence-electron chi connectivity index (χ2n) is 3.64. The van der Waals surface area contributed by atoms with Gasteiger partial charge in [-0.2, -0.15) is 0 Å². The third-order valence-corrected chi connectivity index (χ3v) is 2.21. The standard InChI is InChI=1S/C12H13NO3/c1-9(8-10-4-2-6-15-10)13-12(14)11-5-3-7-16-11/h2-7,9H,8H2,1H3,(H,13,14)/t9-/m1/s1. The Labute approximate surface area is 93.2 Å². The van der Waals surface area contributed by atoms with Gasteiger partial charge in [0.2, 0.25) is 0 Å². The summed E-state index contributed by atoms with van der Waals surface area (Å²) >= 11 is 0. The van der Waals surface area contributed by atoms with E-state index >= 15 is 0 Å². The van der Waals surface area contributed by atoms with Gasteiger partial charge in [0.15, 0.2) is 5.76 Å². The molecule has 0 spiro atoms. The van der Waals surface area contributed by atoms with Gasteiger partial charge in [0.1, 0.15) is 5.76 Å². The molecule has 0 aliphatic carbocycles. The lowest BCUT2D eigenvalue weighted by Crippen LogP contribution is -2.33. The zero-order valence-corrected chi connectivity index (χ0v) is 8.97. The maximum Gasteiger partial charge on any atom is 0.287 e. The van der Waals surface area contributed by atoms with Gasteiger partial charge in [-0.1, -0.05) is 0 Å². The van der Waals surface area contributed by atoms with E-state index in [0.29, 0.717) is 12.2 Å². The van der Waals surface area contributed by atoms with Gasteiger partial charge in [-0.15, -0.1) is 0 Å². The molecule has 2 aromatic heterocycles. The van der Waals surface area contributed by atoms with E-state index in [-0.39, 0.29) is 11.9 Å². The SMILES string of the molecule is C[C@H](Cc1ccco1)NC(=O)c1ccco1. The van der Waals surface area contributed by atoms with Crippen LogP contribution in [0.4, 0.5) is 0 Å². The number of nitrogens with one attached hydrogen (secondary N) is 1. The van der Waals surface area contributed by atoms with Crippen molar-refractivity contribution >= 4 is 5.91 Å². The largest absolute Gasteiger partial charge is 0.469 e. The van der Waals surface area contributed by atoms with Gasteiger partial charge in [0.05, 0.1) is 12.5 Å². The highest BCUT2D eigenvalue weighted by Crippen LogP contribution is 2.05. The van der Waals surface area contributed by atoms with Crippen molar-refractivity contribution in [3.63, 3.8) is 0 Å². The second-order valence-corrected chi connectivity index (χ2v) is 3.64. The van der Waals surface area contributed by atoms with Crippen LogP contribution in [0, 0.1) is 0 Å². The Morgan fingerprint density at radius 3 is 2.69 bits per heavy atom. The van der Waals surface area contributed by atoms with Crippen LogP contribution < -0.4 is 5.32 Å². The maximum atomic E-state index is 11.6. The van der Waals surface area contributed by atoms with Gasteiger partial charge in [0.25, 0.3) is 5.91 Å². The lowest BCUT2D eigenvalue weighted by atomic mass is 10.2. The van der Waals surface area contributed by atoms with Crippen molar-refractivity contribution in [3.8, 4) is 0 Å². The minimum atomic E-state index is -0.205. The molecule has 1 atom stereocenters. The Kier molecular flexibility index (Phi) is 3.10. The summed E-state index contributed by atoms with van der Waals surface area (Å²) in [6.07, 6.45) is 3.77. The molecule has 2 heterocycles. The average Bonchev–Trinajstić information content (AvgIpc) is 2.88. The molecule has 1 N–H and O–H groups in total. The number of furan rings is 2. The minimum absolute atomic E-state index is 0.00347. The summed E-state index contributed by atoms with van der Waals surface area (Å²) < 4.78 is 10.2. The molecule has 16 heavy (non-hydrogen) atoms. The van der Waals surface area contributed by atoms with Crippen LogP contribution in [0.15, 0.2) is 45.6 Å². The van der Waals surface area contributed by atoms with Gasteiger partial charge in [-0.05, 0) is 31.2 Å². The number of hydrogen-bond donors (Lipinski definition) is 1. The van der Waals surface area contributed by atoms with Crippen LogP contribution in [0.25, 0.3) is 0 Å². The van der Waals surface area contributed by atoms with E-state index in [1.807, 2.05) is 19.1 Å². The zero-order chi connectivity index (χ0) is 11.4. The number of carbonyl (C=O) groups excluding carboxylic acids is 1. The van der Waals surface area contributed by atoms with E-state index in [1.165, 1.54) is 6.26 Å². The first-order valence-corrected chi connectivity index (χ1v) is 5.12. The van der Waals surface area contributed by atoms with E-state index in [2.05, 4.69) is 5.32 Å². The summed E-state index contributed by atoms with van der Waals surface area (Å²) in [5, 5.41) is 2.83. The van der Waals surface area contributed by atoms with Crippen LogP contribution in [0.3, 0.4) is 0 Å². The average molecular weight is 219 g/mol. The van der Waals surface area contributed by atoms with Gasteiger partial charge >= 0.3 is 0 Å². The first-order valence-electron chi connectivity index (χ1n) is 5.12. The molecule has 0 unspecified atom stereocenters. The Hall–Kier alpha value is -1.97. The maximum absolute atomic E-state index is 11.6. The van der Waals surface area contributed by atoms with Crippen molar-refractivity contribution in [3.05, 3.63) is 48.3 Å². The molecule has 0 saturated carbocycles. The van der Waals surface area contributed by atoms with Crippen molar-refractivity contribution in [2.45, 2.75) is 19.4 Å². The normalized spacial score (nSPS) is 12.3. The van der Waals surface area contributed by atoms with E-state index in [9.17, 15) is 4.79 Å². The van der Waals surface area contributed by atoms with E-state index < -0.39 is 0 Å². The lowest BCUT2D eigenvalue weighted by molar-refractivity contribution is 0.0911. The second kappa shape index (κ2) is 4.70. The molecule has 0 aliphatic rings. The molecule has 0 radical (unpaired) electrons. The summed E-state index contributed by atoms with van der Waals surface area (Å²) in [5.74, 6) is 0.975. The Morgan fingerprint density at radius 2 is 2.06 bits per heavy atom. The number of carbonyl (C=O) groups is 1. The number of hydrogen-bond acceptors (Lipinski definition) is 3. The van der Waals surface area contributed by atoms with Crippen molar-refractivity contribution in [2.75, 3.05) is 0 Å². The van der Waals surface area contributed by atoms with Crippen LogP contribution in [-0.2, 0) is 6.42 Å². The first kappa shape index (κ1) is 10.5. The number of amides is 1. The van der Waals surface area contributed by atoms with Gasteiger partial charge in [-0.3, -0.25) is 4.79 Å². The molecule has 4 heteroatoms. The molecule has 0 aromatic carbocycles. The first-order chi connectivity index (χ1) is 7.75. The summed E-state index contributed by atoms with van der Waals surface area (Å²) in [6, 6.07) is 7.04. The monoisotopic (exact) mass is 219 g/mol. The highest BCUT2D eigenvalue weighted by atomic mass is 16.3. The van der Waals surface area contributed by atoms with Gasteiger partial charge < -0.3 is 14.2 Å². The van der Waals surface area contributed by atoms with E-state index in [0.717, 1.165) is 5.76 Å². The Bertz CT molecular complexity index is 431. The molecule has 2 aromatic rings. The molecular formula is C12H13NO3. The van der Waals surface area contributed by atoms with Crippen molar-refractivity contribution in [1.82, 2.24) is 5.32 Å². The fourth-order valence-corrected chi connectivity index (χ4v) is 1.48. The van der Waals surface area contributed by atoms with Crippen LogP contribution >= 0.6 is 0 Å². The molecule has 2 rings (SSSR count). The summed E-state index contributed by atoms with van der Waals surface area (Å²) in [7, 11) is 0. The van der Waals surface area contributed by atoms with Crippen molar-refractivity contribution < 1.29 is 13.6 Å². The summed E-state index contributed by atoms with van der Waals surface area (Å²) in [5.41, 5.74) is 0. The highest BCUT2D eigenvalue weighted by molar-refractivity contribution is 5.91. The predicted octanol–water partition coefficient (Wildman–Crippen LogP) is 2.23. The molecule has 0 fully saturated rings. The van der Waals surface area contributed by atoms with Crippen molar-refractivity contribution in [2.24, 2.45) is 0 Å². The van der Waals surface area contributed by atoms with Crippen LogP contribution in [0.1, 0.15) is 23.2 Å². The van der Waals surface area contributed by atoms with Crippen molar-refractivity contribution in [1.29, 1.82) is 0 Å². The van der Waals surface area contributed by atoms with Gasteiger partial charge in [0, 0.05) is 12.5 Å². The van der Waals surface area contributed by atoms with E-state index in [1.54, 1.807) is 18.4 Å². The highest BCUT2D eigenvalue weighted by Gasteiger charge is 2.12. The third kappa shape index (κ3) is 2.53. The third-order valence-electron chi connectivity index (χ3n) is 2.21. The molecule has 0 bridgehead atoms. The quantitative estimate of drug-likeness (QED) is 0.857. The summed E-state index contributed by atoms with van der Waals surface area (Å²) in [4.78, 5) is 11.6. The zero-order valence-electron chi connectivity index (χ0n) is 8.97. The van der Waals surface area contributed by atoms with Gasteiger partial charge in [-0.25, -0.2) is 0 Å². The molecular weight excluding hydrogens is 206 g/mol. The van der Waals surface area contributed by atoms with Crippen LogP contribution in [0.5, 0.6) is 0 Å². The fraction of sp³-hybridized carbons (Fsp3) is 0.250. The molecule has 0 aliphatic heterocycles. The molecule has 0 saturated heterocycles. The Balaban J connectivity index is 1.88. The minimum Gasteiger partial charge on any atom is -0.469 e.